The number of aromatic nitrogens is 1. The van der Waals surface area contributed by atoms with Gasteiger partial charge in [-0.15, -0.1) is 0 Å². The Hall–Kier alpha value is -2.51. The zero-order valence-corrected chi connectivity index (χ0v) is 11.7. The topological polar surface area (TPSA) is 101 Å². The average molecular weight is 283 g/mol. The Bertz CT molecular complexity index is 498. The Kier molecular flexibility index (Phi) is 4.73. The smallest absolute Gasteiger partial charge is 0.434 e. The molecule has 0 aromatic carbocycles. The number of carboxylic acid groups (broad SMARTS) is 1. The minimum absolute atomic E-state index is 0.0899. The van der Waals surface area contributed by atoms with Gasteiger partial charge in [0.05, 0.1) is 7.11 Å². The fraction of sp³-hybridized carbons (Fsp3) is 0.417. The summed E-state index contributed by atoms with van der Waals surface area (Å²) in [5.74, 6) is 0.0899. The monoisotopic (exact) mass is 283 g/mol. The van der Waals surface area contributed by atoms with Gasteiger partial charge in [0.25, 0.3) is 0 Å². The predicted molar refractivity (Wildman–Crippen MR) is 70.7 cm³/mol. The second-order valence-corrected chi connectivity index (χ2v) is 4.76. The number of methoxy groups -OCH3 is 1. The molecule has 0 spiro atoms. The zero-order chi connectivity index (χ0) is 15.3. The van der Waals surface area contributed by atoms with Crippen molar-refractivity contribution >= 4 is 17.9 Å². The fourth-order valence-corrected chi connectivity index (χ4v) is 1.32. The molecule has 1 aromatic heterocycles. The first-order valence-corrected chi connectivity index (χ1v) is 5.76. The van der Waals surface area contributed by atoms with Crippen molar-refractivity contribution in [2.24, 2.45) is 0 Å². The maximum atomic E-state index is 12.1. The van der Waals surface area contributed by atoms with E-state index in [0.717, 1.165) is 5.01 Å². The predicted octanol–water partition coefficient (Wildman–Crippen LogP) is 2.01. The molecule has 8 heteroatoms. The number of amides is 2. The van der Waals surface area contributed by atoms with Gasteiger partial charge in [-0.3, -0.25) is 0 Å². The Balaban J connectivity index is 3.12. The summed E-state index contributed by atoms with van der Waals surface area (Å²) in [6.45, 7) is 5.01. The maximum Gasteiger partial charge on any atom is 0.434 e. The number of ether oxygens (including phenoxy) is 2. The molecule has 0 aliphatic rings. The standard InChI is InChI=1S/C12H17N3O5/c1-12(2,3)20-11(18)15(14-10(16)17)8-6-5-7-13-9(8)19-4/h5-7,14H,1-4H3,(H,16,17). The first-order valence-electron chi connectivity index (χ1n) is 5.76. The third-order valence-electron chi connectivity index (χ3n) is 1.97. The molecule has 0 radical (unpaired) electrons. The van der Waals surface area contributed by atoms with Crippen molar-refractivity contribution in [1.82, 2.24) is 10.4 Å². The highest BCUT2D eigenvalue weighted by atomic mass is 16.6. The third-order valence-corrected chi connectivity index (χ3v) is 1.97. The second kappa shape index (κ2) is 6.09. The lowest BCUT2D eigenvalue weighted by molar-refractivity contribution is 0.0557. The summed E-state index contributed by atoms with van der Waals surface area (Å²) in [6, 6.07) is 3.02. The molecule has 0 aliphatic carbocycles. The number of carbonyl (C=O) groups is 2. The van der Waals surface area contributed by atoms with Crippen LogP contribution in [0.15, 0.2) is 18.3 Å². The number of hydrogen-bond acceptors (Lipinski definition) is 5. The summed E-state index contributed by atoms with van der Waals surface area (Å²) in [6.07, 6.45) is -0.843. The van der Waals surface area contributed by atoms with E-state index >= 15 is 0 Å². The molecule has 1 aromatic rings. The summed E-state index contributed by atoms with van der Waals surface area (Å²) in [7, 11) is 1.36. The van der Waals surface area contributed by atoms with Crippen LogP contribution in [-0.4, -0.2) is 35.0 Å². The normalized spacial score (nSPS) is 10.6. The van der Waals surface area contributed by atoms with Crippen LogP contribution in [0.2, 0.25) is 0 Å². The molecular formula is C12H17N3O5. The molecule has 1 rings (SSSR count). The summed E-state index contributed by atoms with van der Waals surface area (Å²) in [5, 5.41) is 9.56. The number of rotatable bonds is 2. The number of nitrogens with one attached hydrogen (secondary N) is 1. The van der Waals surface area contributed by atoms with Crippen molar-refractivity contribution in [2.45, 2.75) is 26.4 Å². The largest absolute Gasteiger partial charge is 0.479 e. The fourth-order valence-electron chi connectivity index (χ4n) is 1.32. The number of nitrogens with zero attached hydrogens (tertiary/aromatic N) is 2. The van der Waals surface area contributed by atoms with E-state index < -0.39 is 17.8 Å². The van der Waals surface area contributed by atoms with E-state index in [2.05, 4.69) is 4.98 Å². The van der Waals surface area contributed by atoms with Gasteiger partial charge in [0.15, 0.2) is 0 Å². The van der Waals surface area contributed by atoms with Gasteiger partial charge in [0, 0.05) is 6.20 Å². The van der Waals surface area contributed by atoms with E-state index in [1.165, 1.54) is 19.4 Å². The first-order chi connectivity index (χ1) is 9.24. The van der Waals surface area contributed by atoms with Gasteiger partial charge in [0.1, 0.15) is 11.3 Å². The summed E-state index contributed by atoms with van der Waals surface area (Å²) in [5.41, 5.74) is 1.31. The molecule has 20 heavy (non-hydrogen) atoms. The highest BCUT2D eigenvalue weighted by Gasteiger charge is 2.27. The highest BCUT2D eigenvalue weighted by molar-refractivity contribution is 5.91. The lowest BCUT2D eigenvalue weighted by Gasteiger charge is -2.27. The van der Waals surface area contributed by atoms with Crippen LogP contribution in [0.5, 0.6) is 5.88 Å². The van der Waals surface area contributed by atoms with Crippen molar-refractivity contribution in [1.29, 1.82) is 0 Å². The number of pyridine rings is 1. The van der Waals surface area contributed by atoms with Crippen LogP contribution in [0.25, 0.3) is 0 Å². The maximum absolute atomic E-state index is 12.1. The van der Waals surface area contributed by atoms with Crippen molar-refractivity contribution < 1.29 is 24.2 Å². The summed E-state index contributed by atoms with van der Waals surface area (Å²) < 4.78 is 10.1. The van der Waals surface area contributed by atoms with Crippen LogP contribution in [0.1, 0.15) is 20.8 Å². The Morgan fingerprint density at radius 1 is 1.40 bits per heavy atom. The van der Waals surface area contributed by atoms with Crippen molar-refractivity contribution in [3.05, 3.63) is 18.3 Å². The van der Waals surface area contributed by atoms with E-state index in [1.54, 1.807) is 26.8 Å². The van der Waals surface area contributed by atoms with Crippen LogP contribution >= 0.6 is 0 Å². The Morgan fingerprint density at radius 3 is 2.55 bits per heavy atom. The molecule has 0 aliphatic heterocycles. The van der Waals surface area contributed by atoms with Gasteiger partial charge in [-0.1, -0.05) is 0 Å². The number of hydrazine groups is 1. The summed E-state index contributed by atoms with van der Waals surface area (Å²) in [4.78, 5) is 26.8. The minimum atomic E-state index is -1.42. The quantitative estimate of drug-likeness (QED) is 0.805. The van der Waals surface area contributed by atoms with Crippen LogP contribution < -0.4 is 15.2 Å². The van der Waals surface area contributed by atoms with Crippen LogP contribution in [-0.2, 0) is 4.74 Å². The second-order valence-electron chi connectivity index (χ2n) is 4.76. The van der Waals surface area contributed by atoms with Crippen LogP contribution in [0, 0.1) is 0 Å². The lowest BCUT2D eigenvalue weighted by Crippen LogP contribution is -2.48. The SMILES string of the molecule is COc1ncccc1N(NC(=O)O)C(=O)OC(C)(C)C. The van der Waals surface area contributed by atoms with Crippen LogP contribution in [0.3, 0.4) is 0 Å². The minimum Gasteiger partial charge on any atom is -0.479 e. The van der Waals surface area contributed by atoms with Gasteiger partial charge < -0.3 is 14.6 Å². The molecule has 110 valence electrons. The first kappa shape index (κ1) is 15.5. The average Bonchev–Trinajstić information content (AvgIpc) is 2.33. The van der Waals surface area contributed by atoms with Gasteiger partial charge in [-0.2, -0.15) is 5.01 Å². The number of anilines is 1. The molecule has 0 atom stereocenters. The van der Waals surface area contributed by atoms with E-state index in [9.17, 15) is 9.59 Å². The molecule has 0 unspecified atom stereocenters. The van der Waals surface area contributed by atoms with Gasteiger partial charge in [-0.05, 0) is 32.9 Å². The molecule has 8 nitrogen and oxygen atoms in total. The van der Waals surface area contributed by atoms with Gasteiger partial charge >= 0.3 is 12.2 Å². The van der Waals surface area contributed by atoms with Crippen molar-refractivity contribution in [3.8, 4) is 5.88 Å². The van der Waals surface area contributed by atoms with Crippen molar-refractivity contribution in [2.75, 3.05) is 12.1 Å². The van der Waals surface area contributed by atoms with Crippen molar-refractivity contribution in [3.63, 3.8) is 0 Å². The van der Waals surface area contributed by atoms with Crippen LogP contribution in [0.4, 0.5) is 15.3 Å². The molecule has 0 fully saturated rings. The van der Waals surface area contributed by atoms with E-state index in [-0.39, 0.29) is 11.6 Å². The third kappa shape index (κ3) is 4.30. The highest BCUT2D eigenvalue weighted by Crippen LogP contribution is 2.25. The van der Waals surface area contributed by atoms with Gasteiger partial charge in [-0.25, -0.2) is 20.0 Å². The van der Waals surface area contributed by atoms with E-state index in [4.69, 9.17) is 14.6 Å². The molecule has 0 bridgehead atoms. The molecule has 0 saturated heterocycles. The Morgan fingerprint density at radius 2 is 2.05 bits per heavy atom. The Labute approximate surface area is 116 Å². The number of carbonyl (C=O) groups excluding carboxylic acids is 1. The van der Waals surface area contributed by atoms with E-state index in [1.807, 2.05) is 5.43 Å². The zero-order valence-electron chi connectivity index (χ0n) is 11.7. The molecule has 0 saturated carbocycles. The van der Waals surface area contributed by atoms with E-state index in [0.29, 0.717) is 0 Å². The molecular weight excluding hydrogens is 266 g/mol. The summed E-state index contributed by atoms with van der Waals surface area (Å²) >= 11 is 0. The van der Waals surface area contributed by atoms with Gasteiger partial charge in [0.2, 0.25) is 5.88 Å². The lowest BCUT2D eigenvalue weighted by atomic mass is 10.2. The molecule has 1 heterocycles. The molecule has 2 amide bonds. The molecule has 2 N–H and O–H groups in total. The number of hydrogen-bond donors (Lipinski definition) is 2.